The number of carbonyl (C=O) groups excluding carboxylic acids is 1. The van der Waals surface area contributed by atoms with E-state index < -0.39 is 10.0 Å². The molecule has 1 aliphatic heterocycles. The molecule has 0 radical (unpaired) electrons. The summed E-state index contributed by atoms with van der Waals surface area (Å²) in [5.41, 5.74) is 2.66. The zero-order valence-corrected chi connectivity index (χ0v) is 19.3. The molecule has 1 aromatic heterocycles. The largest absolute Gasteiger partial charge is 0.340 e. The van der Waals surface area contributed by atoms with Gasteiger partial charge in [0.15, 0.2) is 0 Å². The van der Waals surface area contributed by atoms with E-state index in [-0.39, 0.29) is 18.1 Å². The van der Waals surface area contributed by atoms with E-state index in [1.54, 1.807) is 40.5 Å². The third-order valence-corrected chi connectivity index (χ3v) is 7.54. The van der Waals surface area contributed by atoms with Crippen molar-refractivity contribution in [2.75, 3.05) is 36.7 Å². The maximum atomic E-state index is 12.5. The monoisotopic (exact) mass is 470 g/mol. The number of hydrogen-bond acceptors (Lipinski definition) is 6. The molecule has 1 amide bonds. The number of amides is 1. The molecule has 4 rings (SSSR count). The van der Waals surface area contributed by atoms with Crippen molar-refractivity contribution in [3.63, 3.8) is 0 Å². The predicted octanol–water partition coefficient (Wildman–Crippen LogP) is 3.29. The Bertz CT molecular complexity index is 1130. The normalized spacial score (nSPS) is 14.9. The number of rotatable bonds is 8. The van der Waals surface area contributed by atoms with Crippen LogP contribution in [0, 0.1) is 0 Å². The molecule has 1 aliphatic rings. The number of carbonyl (C=O) groups is 1. The molecule has 2 aromatic carbocycles. The summed E-state index contributed by atoms with van der Waals surface area (Å²) in [4.78, 5) is 21.3. The van der Waals surface area contributed by atoms with Crippen molar-refractivity contribution in [2.45, 2.75) is 13.0 Å². The molecule has 9 heteroatoms. The topological polar surface area (TPSA) is 82.6 Å². The number of hydrogen-bond donors (Lipinski definition) is 1. The van der Waals surface area contributed by atoms with Crippen LogP contribution in [0.4, 0.5) is 5.69 Å². The van der Waals surface area contributed by atoms with E-state index in [1.165, 1.54) is 0 Å². The summed E-state index contributed by atoms with van der Waals surface area (Å²) in [5.74, 6) is -0.342. The minimum absolute atomic E-state index is 0.0192. The molecule has 168 valence electrons. The van der Waals surface area contributed by atoms with Gasteiger partial charge in [0, 0.05) is 55.8 Å². The number of thiazole rings is 1. The quantitative estimate of drug-likeness (QED) is 0.546. The molecule has 3 aromatic rings. The molecule has 32 heavy (non-hydrogen) atoms. The van der Waals surface area contributed by atoms with Crippen LogP contribution in [0.2, 0.25) is 0 Å². The second-order valence-corrected chi connectivity index (χ2v) is 10.4. The van der Waals surface area contributed by atoms with Crippen molar-refractivity contribution < 1.29 is 13.2 Å². The lowest BCUT2D eigenvalue weighted by Gasteiger charge is -2.34. The van der Waals surface area contributed by atoms with Crippen LogP contribution in [0.1, 0.15) is 12.1 Å². The predicted molar refractivity (Wildman–Crippen MR) is 128 cm³/mol. The molecular formula is C23H26N4O3S2. The number of anilines is 1. The Morgan fingerprint density at radius 1 is 0.969 bits per heavy atom. The Hall–Kier alpha value is -2.75. The van der Waals surface area contributed by atoms with E-state index in [0.717, 1.165) is 35.9 Å². The van der Waals surface area contributed by atoms with Crippen LogP contribution < -0.4 is 4.72 Å². The molecule has 7 nitrogen and oxygen atoms in total. The van der Waals surface area contributed by atoms with Gasteiger partial charge in [-0.25, -0.2) is 13.4 Å². The summed E-state index contributed by atoms with van der Waals surface area (Å²) in [6, 6.07) is 18.8. The number of nitrogens with one attached hydrogen (secondary N) is 1. The fourth-order valence-corrected chi connectivity index (χ4v) is 5.45. The Morgan fingerprint density at radius 2 is 1.62 bits per heavy atom. The number of benzene rings is 2. The summed E-state index contributed by atoms with van der Waals surface area (Å²) in [6.45, 7) is 3.44. The molecule has 1 N–H and O–H groups in total. The van der Waals surface area contributed by atoms with Gasteiger partial charge in [-0.15, -0.1) is 11.3 Å². The molecule has 0 spiro atoms. The standard InChI is InChI=1S/C23H26N4O3S2/c28-22(11-16-32(29,30)25-20-9-5-2-6-10-20)27-14-12-26(13-15-27)17-21-18-31-23(24-21)19-7-3-1-4-8-19/h1-10,18,25H,11-17H2. The zero-order valence-electron chi connectivity index (χ0n) is 17.7. The van der Waals surface area contributed by atoms with Crippen LogP contribution in [0.5, 0.6) is 0 Å². The smallest absolute Gasteiger partial charge is 0.233 e. The van der Waals surface area contributed by atoms with Crippen molar-refractivity contribution in [3.8, 4) is 10.6 Å². The molecule has 0 bridgehead atoms. The van der Waals surface area contributed by atoms with Gasteiger partial charge >= 0.3 is 0 Å². The number of para-hydroxylation sites is 1. The van der Waals surface area contributed by atoms with Crippen LogP contribution in [-0.2, 0) is 21.4 Å². The van der Waals surface area contributed by atoms with Crippen molar-refractivity contribution in [3.05, 3.63) is 71.7 Å². The Labute approximate surface area is 192 Å². The number of piperazine rings is 1. The molecule has 0 aliphatic carbocycles. The van der Waals surface area contributed by atoms with Crippen molar-refractivity contribution in [1.29, 1.82) is 0 Å². The highest BCUT2D eigenvalue weighted by atomic mass is 32.2. The third-order valence-electron chi connectivity index (χ3n) is 5.31. The highest BCUT2D eigenvalue weighted by Crippen LogP contribution is 2.24. The van der Waals surface area contributed by atoms with Gasteiger partial charge in [0.05, 0.1) is 11.4 Å². The molecule has 0 saturated carbocycles. The van der Waals surface area contributed by atoms with E-state index in [9.17, 15) is 13.2 Å². The molecular weight excluding hydrogens is 444 g/mol. The van der Waals surface area contributed by atoms with Crippen LogP contribution in [0.25, 0.3) is 10.6 Å². The zero-order chi connectivity index (χ0) is 22.4. The van der Waals surface area contributed by atoms with Crippen molar-refractivity contribution in [1.82, 2.24) is 14.8 Å². The average Bonchev–Trinajstić information content (AvgIpc) is 3.27. The number of sulfonamides is 1. The maximum absolute atomic E-state index is 12.5. The lowest BCUT2D eigenvalue weighted by Crippen LogP contribution is -2.48. The van der Waals surface area contributed by atoms with Gasteiger partial charge in [0.25, 0.3) is 0 Å². The Kier molecular flexibility index (Phi) is 7.19. The fraction of sp³-hybridized carbons (Fsp3) is 0.304. The number of nitrogens with zero attached hydrogens (tertiary/aromatic N) is 3. The minimum atomic E-state index is -3.56. The fourth-order valence-electron chi connectivity index (χ4n) is 3.59. The second-order valence-electron chi connectivity index (χ2n) is 7.70. The first-order valence-corrected chi connectivity index (χ1v) is 13.1. The Morgan fingerprint density at radius 3 is 2.31 bits per heavy atom. The van der Waals surface area contributed by atoms with Crippen LogP contribution in [0.3, 0.4) is 0 Å². The summed E-state index contributed by atoms with van der Waals surface area (Å²) in [6.07, 6.45) is -0.0192. The first kappa shape index (κ1) is 22.4. The van der Waals surface area contributed by atoms with Gasteiger partial charge in [-0.05, 0) is 12.1 Å². The summed E-state index contributed by atoms with van der Waals surface area (Å²) >= 11 is 1.64. The average molecular weight is 471 g/mol. The van der Waals surface area contributed by atoms with Gasteiger partial charge in [0.1, 0.15) is 5.01 Å². The van der Waals surface area contributed by atoms with Crippen LogP contribution in [-0.4, -0.2) is 61.0 Å². The van der Waals surface area contributed by atoms with Gasteiger partial charge in [-0.2, -0.15) is 0 Å². The first-order valence-electron chi connectivity index (χ1n) is 10.5. The summed E-state index contributed by atoms with van der Waals surface area (Å²) in [5, 5.41) is 3.10. The van der Waals surface area contributed by atoms with Gasteiger partial charge in [-0.1, -0.05) is 48.5 Å². The second kappa shape index (κ2) is 10.2. The van der Waals surface area contributed by atoms with E-state index in [4.69, 9.17) is 4.98 Å². The summed E-state index contributed by atoms with van der Waals surface area (Å²) < 4.78 is 27.0. The Balaban J connectivity index is 1.22. The highest BCUT2D eigenvalue weighted by Gasteiger charge is 2.23. The van der Waals surface area contributed by atoms with Gasteiger partial charge in [-0.3, -0.25) is 14.4 Å². The molecule has 1 saturated heterocycles. The van der Waals surface area contributed by atoms with Gasteiger partial charge < -0.3 is 4.90 Å². The molecule has 1 fully saturated rings. The summed E-state index contributed by atoms with van der Waals surface area (Å²) in [7, 11) is -3.56. The van der Waals surface area contributed by atoms with Gasteiger partial charge in [0.2, 0.25) is 15.9 Å². The first-order chi connectivity index (χ1) is 15.5. The van der Waals surface area contributed by atoms with Crippen molar-refractivity contribution >= 4 is 33.0 Å². The van der Waals surface area contributed by atoms with E-state index in [2.05, 4.69) is 27.1 Å². The molecule has 2 heterocycles. The van der Waals surface area contributed by atoms with E-state index in [1.807, 2.05) is 24.3 Å². The highest BCUT2D eigenvalue weighted by molar-refractivity contribution is 7.92. The lowest BCUT2D eigenvalue weighted by atomic mass is 10.2. The third kappa shape index (κ3) is 6.15. The van der Waals surface area contributed by atoms with E-state index >= 15 is 0 Å². The van der Waals surface area contributed by atoms with E-state index in [0.29, 0.717) is 18.8 Å². The number of aromatic nitrogens is 1. The van der Waals surface area contributed by atoms with Crippen molar-refractivity contribution in [2.24, 2.45) is 0 Å². The van der Waals surface area contributed by atoms with Crippen LogP contribution in [0.15, 0.2) is 66.0 Å². The van der Waals surface area contributed by atoms with Crippen LogP contribution >= 0.6 is 11.3 Å². The lowest BCUT2D eigenvalue weighted by molar-refractivity contribution is -0.132. The minimum Gasteiger partial charge on any atom is -0.340 e. The molecule has 0 unspecified atom stereocenters. The SMILES string of the molecule is O=C(CCS(=O)(=O)Nc1ccccc1)N1CCN(Cc2csc(-c3ccccc3)n2)CC1. The molecule has 0 atom stereocenters. The maximum Gasteiger partial charge on any atom is 0.233 e.